The number of carbonyl (C=O) groups is 1. The van der Waals surface area contributed by atoms with E-state index in [-0.39, 0.29) is 0 Å². The Kier molecular flexibility index (Phi) is 1.49. The van der Waals surface area contributed by atoms with E-state index in [0.29, 0.717) is 11.3 Å². The second kappa shape index (κ2) is 2.51. The van der Waals surface area contributed by atoms with E-state index in [2.05, 4.69) is 4.99 Å². The van der Waals surface area contributed by atoms with Gasteiger partial charge in [0, 0.05) is 12.3 Å². The largest absolute Gasteiger partial charge is 0.620 e. The monoisotopic (exact) mass is 162 g/mol. The van der Waals surface area contributed by atoms with Crippen molar-refractivity contribution in [1.29, 1.82) is 0 Å². The molecule has 4 nitrogen and oxygen atoms in total. The summed E-state index contributed by atoms with van der Waals surface area (Å²) in [6.07, 6.45) is 1.42. The molecule has 1 atom stereocenters. The van der Waals surface area contributed by atoms with Crippen molar-refractivity contribution in [3.05, 3.63) is 35.0 Å². The minimum atomic E-state index is -0.686. The molecule has 1 unspecified atom stereocenters. The molecule has 0 bridgehead atoms. The Morgan fingerprint density at radius 1 is 1.33 bits per heavy atom. The summed E-state index contributed by atoms with van der Waals surface area (Å²) in [5.74, 6) is 0. The van der Waals surface area contributed by atoms with Gasteiger partial charge in [-0.2, -0.15) is 4.99 Å². The molecule has 0 radical (unpaired) electrons. The van der Waals surface area contributed by atoms with Gasteiger partial charge in [-0.25, -0.2) is 4.79 Å². The molecule has 4 heteroatoms. The van der Waals surface area contributed by atoms with E-state index in [9.17, 15) is 10.0 Å². The number of benzene rings is 1. The third-order valence-corrected chi connectivity index (χ3v) is 1.72. The Balaban J connectivity index is 2.59. The summed E-state index contributed by atoms with van der Waals surface area (Å²) < 4.78 is 0. The number of nitrogens with zero attached hydrogens (tertiary/aromatic N) is 1. The maximum absolute atomic E-state index is 11.2. The SMILES string of the molecule is O=C1N=Cc2ccccc2[NH+]1[O-]. The van der Waals surface area contributed by atoms with E-state index >= 15 is 0 Å². The van der Waals surface area contributed by atoms with Crippen LogP contribution in [-0.4, -0.2) is 12.2 Å². The van der Waals surface area contributed by atoms with Gasteiger partial charge in [0.2, 0.25) is 0 Å². The predicted octanol–water partition coefficient (Wildman–Crippen LogP) is 0.253. The van der Waals surface area contributed by atoms with E-state index in [1.54, 1.807) is 24.3 Å². The Hall–Kier alpha value is -1.52. The van der Waals surface area contributed by atoms with Crippen LogP contribution in [0.25, 0.3) is 0 Å². The summed E-state index contributed by atoms with van der Waals surface area (Å²) >= 11 is 0. The third kappa shape index (κ3) is 0.939. The molecule has 12 heavy (non-hydrogen) atoms. The fourth-order valence-corrected chi connectivity index (χ4v) is 1.12. The molecule has 1 aromatic rings. The number of hydrogen-bond acceptors (Lipinski definition) is 2. The van der Waals surface area contributed by atoms with Crippen LogP contribution < -0.4 is 5.06 Å². The number of para-hydroxylation sites is 1. The topological polar surface area (TPSA) is 56.9 Å². The number of quaternary nitrogens is 1. The van der Waals surface area contributed by atoms with Gasteiger partial charge in [0.05, 0.1) is 5.56 Å². The highest BCUT2D eigenvalue weighted by atomic mass is 16.5. The van der Waals surface area contributed by atoms with Gasteiger partial charge in [-0.05, 0) is 6.07 Å². The van der Waals surface area contributed by atoms with Crippen molar-refractivity contribution in [2.45, 2.75) is 0 Å². The lowest BCUT2D eigenvalue weighted by Crippen LogP contribution is -3.05. The third-order valence-electron chi connectivity index (χ3n) is 1.72. The number of amides is 2. The number of fused-ring (bicyclic) bond motifs is 1. The zero-order valence-electron chi connectivity index (χ0n) is 6.15. The Morgan fingerprint density at radius 3 is 2.92 bits per heavy atom. The van der Waals surface area contributed by atoms with E-state index in [1.165, 1.54) is 6.21 Å². The second-order valence-electron chi connectivity index (χ2n) is 2.48. The van der Waals surface area contributed by atoms with E-state index in [4.69, 9.17) is 0 Å². The maximum atomic E-state index is 11.2. The molecule has 1 heterocycles. The van der Waals surface area contributed by atoms with Crippen LogP contribution in [0.4, 0.5) is 10.5 Å². The van der Waals surface area contributed by atoms with Crippen LogP contribution >= 0.6 is 0 Å². The van der Waals surface area contributed by atoms with Crippen LogP contribution in [0.2, 0.25) is 0 Å². The number of hydrogen-bond donors (Lipinski definition) is 1. The number of hydroxylamine groups is 1. The van der Waals surface area contributed by atoms with Crippen molar-refractivity contribution < 1.29 is 9.86 Å². The van der Waals surface area contributed by atoms with Crippen LogP contribution in [0.5, 0.6) is 0 Å². The van der Waals surface area contributed by atoms with Crippen LogP contribution in [0.3, 0.4) is 0 Å². The first-order valence-electron chi connectivity index (χ1n) is 3.51. The molecule has 1 aromatic carbocycles. The van der Waals surface area contributed by atoms with E-state index in [1.807, 2.05) is 0 Å². The van der Waals surface area contributed by atoms with Gasteiger partial charge in [-0.1, -0.05) is 12.1 Å². The Morgan fingerprint density at radius 2 is 2.08 bits per heavy atom. The molecule has 1 aliphatic rings. The van der Waals surface area contributed by atoms with Gasteiger partial charge in [-0.3, -0.25) is 5.06 Å². The van der Waals surface area contributed by atoms with Crippen molar-refractivity contribution in [1.82, 2.24) is 0 Å². The average molecular weight is 162 g/mol. The molecule has 60 valence electrons. The zero-order valence-corrected chi connectivity index (χ0v) is 6.15. The lowest BCUT2D eigenvalue weighted by molar-refractivity contribution is -0.679. The molecule has 0 saturated carbocycles. The first kappa shape index (κ1) is 7.15. The van der Waals surface area contributed by atoms with Crippen molar-refractivity contribution >= 4 is 17.9 Å². The smallest absolute Gasteiger partial charge is 0.446 e. The first-order chi connectivity index (χ1) is 5.79. The standard InChI is InChI=1S/C8H6N2O2/c11-8-9-5-6-3-1-2-4-7(6)10(8)12/h1-5,10H. The normalized spacial score (nSPS) is 20.8. The van der Waals surface area contributed by atoms with Gasteiger partial charge in [0.25, 0.3) is 0 Å². The number of urea groups is 1. The lowest BCUT2D eigenvalue weighted by atomic mass is 10.2. The molecule has 2 amide bonds. The molecule has 0 fully saturated rings. The molecule has 1 N–H and O–H groups in total. The number of carbonyl (C=O) groups excluding carboxylic acids is 1. The molecular formula is C8H6N2O2. The Bertz CT molecular complexity index is 360. The van der Waals surface area contributed by atoms with Crippen LogP contribution in [-0.2, 0) is 0 Å². The molecule has 0 saturated heterocycles. The minimum absolute atomic E-state index is 0.442. The highest BCUT2D eigenvalue weighted by molar-refractivity contribution is 5.95. The lowest BCUT2D eigenvalue weighted by Gasteiger charge is -2.20. The van der Waals surface area contributed by atoms with Crippen LogP contribution in [0, 0.1) is 5.21 Å². The van der Waals surface area contributed by atoms with Gasteiger partial charge in [-0.15, -0.1) is 0 Å². The zero-order chi connectivity index (χ0) is 8.55. The highest BCUT2D eigenvalue weighted by Gasteiger charge is 2.19. The summed E-state index contributed by atoms with van der Waals surface area (Å²) in [7, 11) is 0. The highest BCUT2D eigenvalue weighted by Crippen LogP contribution is 2.09. The summed E-state index contributed by atoms with van der Waals surface area (Å²) in [6, 6.07) is 6.22. The summed E-state index contributed by atoms with van der Waals surface area (Å²) in [6.45, 7) is 0. The first-order valence-corrected chi connectivity index (χ1v) is 3.51. The van der Waals surface area contributed by atoms with Crippen LogP contribution in [0.1, 0.15) is 5.56 Å². The predicted molar refractivity (Wildman–Crippen MR) is 43.4 cm³/mol. The second-order valence-corrected chi connectivity index (χ2v) is 2.48. The Labute approximate surface area is 68.7 Å². The van der Waals surface area contributed by atoms with Crippen molar-refractivity contribution in [2.24, 2.45) is 4.99 Å². The van der Waals surface area contributed by atoms with Crippen molar-refractivity contribution in [3.63, 3.8) is 0 Å². The average Bonchev–Trinajstić information content (AvgIpc) is 2.12. The van der Waals surface area contributed by atoms with E-state index in [0.717, 1.165) is 0 Å². The fourth-order valence-electron chi connectivity index (χ4n) is 1.12. The number of nitrogens with one attached hydrogen (secondary N) is 1. The van der Waals surface area contributed by atoms with Crippen molar-refractivity contribution in [2.75, 3.05) is 0 Å². The number of rotatable bonds is 0. The molecule has 2 rings (SSSR count). The fraction of sp³-hybridized carbons (Fsp3) is 0. The van der Waals surface area contributed by atoms with Gasteiger partial charge in [0.15, 0.2) is 0 Å². The van der Waals surface area contributed by atoms with Gasteiger partial charge < -0.3 is 5.21 Å². The molecule has 1 aliphatic heterocycles. The quantitative estimate of drug-likeness (QED) is 0.556. The van der Waals surface area contributed by atoms with E-state index < -0.39 is 11.1 Å². The summed E-state index contributed by atoms with van der Waals surface area (Å²) in [5.41, 5.74) is 1.15. The summed E-state index contributed by atoms with van der Waals surface area (Å²) in [5, 5.41) is 10.6. The molecule has 0 aromatic heterocycles. The molecule has 0 spiro atoms. The summed E-state index contributed by atoms with van der Waals surface area (Å²) in [4.78, 5) is 14.2. The number of aliphatic imine (C=N–C) groups is 1. The molecular weight excluding hydrogens is 156 g/mol. The van der Waals surface area contributed by atoms with Gasteiger partial charge >= 0.3 is 6.03 Å². The minimum Gasteiger partial charge on any atom is -0.620 e. The van der Waals surface area contributed by atoms with Crippen LogP contribution in [0.15, 0.2) is 29.3 Å². The van der Waals surface area contributed by atoms with Crippen molar-refractivity contribution in [3.8, 4) is 0 Å². The van der Waals surface area contributed by atoms with Gasteiger partial charge in [0.1, 0.15) is 5.69 Å². The maximum Gasteiger partial charge on any atom is 0.446 e. The molecule has 0 aliphatic carbocycles.